The third-order valence-corrected chi connectivity index (χ3v) is 6.31. The Balaban J connectivity index is 1.54. The first-order chi connectivity index (χ1) is 17.2. The number of carbonyl (C=O) groups is 1. The second-order valence-electron chi connectivity index (χ2n) is 7.68. The van der Waals surface area contributed by atoms with E-state index in [1.165, 1.54) is 11.3 Å². The lowest BCUT2D eigenvalue weighted by Crippen LogP contribution is -2.31. The van der Waals surface area contributed by atoms with Crippen LogP contribution < -0.4 is 14.4 Å². The first-order valence-electron chi connectivity index (χ1n) is 11.3. The number of rotatable bonds is 8. The van der Waals surface area contributed by atoms with E-state index in [4.69, 9.17) is 14.5 Å². The third-order valence-electron chi connectivity index (χ3n) is 5.27. The standard InChI is InChI=1S/C28H23N3O3S/c1-2-33-22-15-16-24-26(18-22)35-28(30-24)31(19-20-10-8-9-17-29-20)27(32)23-13-6-7-14-25(23)34-21-11-4-3-5-12-21/h3-18H,2,19H2,1H3. The van der Waals surface area contributed by atoms with Crippen molar-refractivity contribution in [2.45, 2.75) is 13.5 Å². The summed E-state index contributed by atoms with van der Waals surface area (Å²) in [6, 6.07) is 28.1. The fourth-order valence-corrected chi connectivity index (χ4v) is 4.63. The molecule has 5 rings (SSSR count). The number of aromatic nitrogens is 2. The van der Waals surface area contributed by atoms with Gasteiger partial charge in [0.05, 0.1) is 34.6 Å². The van der Waals surface area contributed by atoms with Crippen LogP contribution in [0.15, 0.2) is 97.2 Å². The first-order valence-corrected chi connectivity index (χ1v) is 12.1. The van der Waals surface area contributed by atoms with Gasteiger partial charge < -0.3 is 9.47 Å². The molecule has 0 bridgehead atoms. The Hall–Kier alpha value is -4.23. The van der Waals surface area contributed by atoms with Gasteiger partial charge in [0.1, 0.15) is 17.2 Å². The van der Waals surface area contributed by atoms with Gasteiger partial charge >= 0.3 is 0 Å². The molecule has 0 aliphatic carbocycles. The smallest absolute Gasteiger partial charge is 0.264 e. The van der Waals surface area contributed by atoms with E-state index < -0.39 is 0 Å². The highest BCUT2D eigenvalue weighted by atomic mass is 32.1. The van der Waals surface area contributed by atoms with Crippen molar-refractivity contribution in [1.29, 1.82) is 0 Å². The number of ether oxygens (including phenoxy) is 2. The molecule has 1 amide bonds. The molecule has 0 radical (unpaired) electrons. The van der Waals surface area contributed by atoms with Crippen molar-refractivity contribution in [3.05, 3.63) is 108 Å². The zero-order valence-electron chi connectivity index (χ0n) is 19.1. The minimum atomic E-state index is -0.216. The van der Waals surface area contributed by atoms with Crippen LogP contribution in [0.25, 0.3) is 10.2 Å². The van der Waals surface area contributed by atoms with Crippen molar-refractivity contribution in [3.8, 4) is 17.2 Å². The summed E-state index contributed by atoms with van der Waals surface area (Å²) in [4.78, 5) is 24.8. The Labute approximate surface area is 207 Å². The average molecular weight is 482 g/mol. The lowest BCUT2D eigenvalue weighted by Gasteiger charge is -2.21. The number of hydrogen-bond acceptors (Lipinski definition) is 6. The number of benzene rings is 3. The minimum Gasteiger partial charge on any atom is -0.494 e. The number of hydrogen-bond donors (Lipinski definition) is 0. The van der Waals surface area contributed by atoms with E-state index in [2.05, 4.69) is 4.98 Å². The van der Waals surface area contributed by atoms with E-state index in [0.29, 0.717) is 28.8 Å². The van der Waals surface area contributed by atoms with Gasteiger partial charge in [-0.15, -0.1) is 0 Å². The molecule has 0 fully saturated rings. The van der Waals surface area contributed by atoms with Gasteiger partial charge in [0, 0.05) is 6.20 Å². The number of para-hydroxylation sites is 2. The van der Waals surface area contributed by atoms with E-state index >= 15 is 0 Å². The van der Waals surface area contributed by atoms with Crippen LogP contribution in [-0.2, 0) is 6.54 Å². The van der Waals surface area contributed by atoms with Gasteiger partial charge in [0.2, 0.25) is 0 Å². The van der Waals surface area contributed by atoms with Crippen molar-refractivity contribution in [1.82, 2.24) is 9.97 Å². The van der Waals surface area contributed by atoms with Crippen LogP contribution in [0.2, 0.25) is 0 Å². The molecule has 2 aromatic heterocycles. The summed E-state index contributed by atoms with van der Waals surface area (Å²) < 4.78 is 12.7. The van der Waals surface area contributed by atoms with Gasteiger partial charge in [-0.25, -0.2) is 4.98 Å². The molecule has 2 heterocycles. The van der Waals surface area contributed by atoms with Gasteiger partial charge in [0.15, 0.2) is 5.13 Å². The molecule has 0 aliphatic rings. The Bertz CT molecular complexity index is 1440. The summed E-state index contributed by atoms with van der Waals surface area (Å²) in [7, 11) is 0. The summed E-state index contributed by atoms with van der Waals surface area (Å²) in [6.45, 7) is 2.81. The number of thiazole rings is 1. The van der Waals surface area contributed by atoms with Crippen LogP contribution in [0.5, 0.6) is 17.2 Å². The van der Waals surface area contributed by atoms with E-state index in [9.17, 15) is 4.79 Å². The maximum Gasteiger partial charge on any atom is 0.264 e. The fraction of sp³-hybridized carbons (Fsp3) is 0.107. The molecule has 0 atom stereocenters. The number of nitrogens with zero attached hydrogens (tertiary/aromatic N) is 3. The topological polar surface area (TPSA) is 64.5 Å². The number of amides is 1. The Morgan fingerprint density at radius 1 is 0.914 bits per heavy atom. The van der Waals surface area contributed by atoms with Gasteiger partial charge in [-0.05, 0) is 61.5 Å². The Kier molecular flexibility index (Phi) is 6.68. The zero-order valence-corrected chi connectivity index (χ0v) is 19.9. The van der Waals surface area contributed by atoms with E-state index in [1.54, 1.807) is 23.2 Å². The molecular formula is C28H23N3O3S. The van der Waals surface area contributed by atoms with Crippen LogP contribution in [0.1, 0.15) is 23.0 Å². The van der Waals surface area contributed by atoms with Crippen LogP contribution in [0, 0.1) is 0 Å². The van der Waals surface area contributed by atoms with Gasteiger partial charge in [-0.3, -0.25) is 14.7 Å². The molecule has 0 saturated heterocycles. The molecule has 0 saturated carbocycles. The maximum atomic E-state index is 14.0. The predicted octanol–water partition coefficient (Wildman–Crippen LogP) is 6.73. The summed E-state index contributed by atoms with van der Waals surface area (Å²) in [5, 5.41) is 0.582. The summed E-state index contributed by atoms with van der Waals surface area (Å²) in [5.41, 5.74) is 2.01. The molecule has 6 nitrogen and oxygen atoms in total. The lowest BCUT2D eigenvalue weighted by molar-refractivity contribution is 0.0982. The second kappa shape index (κ2) is 10.4. The van der Waals surface area contributed by atoms with Gasteiger partial charge in [-0.2, -0.15) is 0 Å². The normalized spacial score (nSPS) is 10.8. The van der Waals surface area contributed by atoms with E-state index in [0.717, 1.165) is 21.7 Å². The number of fused-ring (bicyclic) bond motifs is 1. The van der Waals surface area contributed by atoms with Crippen LogP contribution in [0.4, 0.5) is 5.13 Å². The van der Waals surface area contributed by atoms with Gasteiger partial charge in [-0.1, -0.05) is 47.7 Å². The molecular weight excluding hydrogens is 458 g/mol. The summed E-state index contributed by atoms with van der Waals surface area (Å²) in [6.07, 6.45) is 1.72. The highest BCUT2D eigenvalue weighted by molar-refractivity contribution is 7.22. The molecule has 0 spiro atoms. The molecule has 0 N–H and O–H groups in total. The van der Waals surface area contributed by atoms with Crippen molar-refractivity contribution in [2.24, 2.45) is 0 Å². The lowest BCUT2D eigenvalue weighted by atomic mass is 10.1. The number of pyridine rings is 1. The average Bonchev–Trinajstić information content (AvgIpc) is 3.32. The highest BCUT2D eigenvalue weighted by Crippen LogP contribution is 2.34. The number of carbonyl (C=O) groups excluding carboxylic acids is 1. The first kappa shape index (κ1) is 22.6. The van der Waals surface area contributed by atoms with Crippen molar-refractivity contribution in [3.63, 3.8) is 0 Å². The predicted molar refractivity (Wildman–Crippen MR) is 138 cm³/mol. The highest BCUT2D eigenvalue weighted by Gasteiger charge is 2.25. The maximum absolute atomic E-state index is 14.0. The van der Waals surface area contributed by atoms with E-state index in [-0.39, 0.29) is 12.5 Å². The minimum absolute atomic E-state index is 0.216. The summed E-state index contributed by atoms with van der Waals surface area (Å²) >= 11 is 1.44. The molecule has 3 aromatic carbocycles. The zero-order chi connectivity index (χ0) is 24.0. The van der Waals surface area contributed by atoms with Gasteiger partial charge in [0.25, 0.3) is 5.91 Å². The van der Waals surface area contributed by atoms with Crippen LogP contribution in [0.3, 0.4) is 0 Å². The van der Waals surface area contributed by atoms with Crippen molar-refractivity contribution >= 4 is 32.6 Å². The molecule has 174 valence electrons. The number of anilines is 1. The van der Waals surface area contributed by atoms with Crippen molar-refractivity contribution in [2.75, 3.05) is 11.5 Å². The SMILES string of the molecule is CCOc1ccc2nc(N(Cc3ccccn3)C(=O)c3ccccc3Oc3ccccc3)sc2c1. The second-order valence-corrected chi connectivity index (χ2v) is 8.69. The molecule has 0 aliphatic heterocycles. The van der Waals surface area contributed by atoms with E-state index in [1.807, 2.05) is 85.8 Å². The fourth-order valence-electron chi connectivity index (χ4n) is 3.64. The monoisotopic (exact) mass is 481 g/mol. The molecule has 5 aromatic rings. The quantitative estimate of drug-likeness (QED) is 0.246. The molecule has 7 heteroatoms. The largest absolute Gasteiger partial charge is 0.494 e. The van der Waals surface area contributed by atoms with Crippen LogP contribution >= 0.6 is 11.3 Å². The van der Waals surface area contributed by atoms with Crippen molar-refractivity contribution < 1.29 is 14.3 Å². The third kappa shape index (κ3) is 5.15. The van der Waals surface area contributed by atoms with Crippen LogP contribution in [-0.4, -0.2) is 22.5 Å². The Morgan fingerprint density at radius 3 is 2.51 bits per heavy atom. The summed E-state index contributed by atoms with van der Waals surface area (Å²) in [5.74, 6) is 1.70. The molecule has 0 unspecified atom stereocenters. The Morgan fingerprint density at radius 2 is 1.71 bits per heavy atom. The molecule has 35 heavy (non-hydrogen) atoms.